The van der Waals surface area contributed by atoms with Crippen LogP contribution in [0.15, 0.2) is 30.6 Å². The minimum atomic E-state index is -0.531. The smallest absolute Gasteiger partial charge is 0.343 e. The highest BCUT2D eigenvalue weighted by Gasteiger charge is 2.13. The van der Waals surface area contributed by atoms with E-state index >= 15 is 0 Å². The Morgan fingerprint density at radius 1 is 1.38 bits per heavy atom. The van der Waals surface area contributed by atoms with E-state index in [1.165, 1.54) is 7.11 Å². The molecule has 0 aromatic carbocycles. The molecule has 106 valence electrons. The van der Waals surface area contributed by atoms with Crippen molar-refractivity contribution in [1.29, 1.82) is 5.26 Å². The van der Waals surface area contributed by atoms with Crippen molar-refractivity contribution in [1.82, 2.24) is 9.97 Å². The summed E-state index contributed by atoms with van der Waals surface area (Å²) in [6.07, 6.45) is 3.34. The molecule has 0 aliphatic carbocycles. The van der Waals surface area contributed by atoms with E-state index < -0.39 is 5.97 Å². The number of pyridine rings is 2. The molecule has 2 heterocycles. The highest BCUT2D eigenvalue weighted by Crippen LogP contribution is 2.27. The first-order valence-electron chi connectivity index (χ1n) is 6.17. The SMILES string of the molecule is COC(=O)COc1nc(C)c(-c2ccncc2)cc1C#N. The summed E-state index contributed by atoms with van der Waals surface area (Å²) in [7, 11) is 1.27. The Morgan fingerprint density at radius 3 is 2.71 bits per heavy atom. The number of nitrogens with zero attached hydrogens (tertiary/aromatic N) is 3. The van der Waals surface area contributed by atoms with Gasteiger partial charge in [-0.15, -0.1) is 0 Å². The van der Waals surface area contributed by atoms with E-state index in [9.17, 15) is 10.1 Å². The molecule has 0 N–H and O–H groups in total. The van der Waals surface area contributed by atoms with Crippen LogP contribution >= 0.6 is 0 Å². The van der Waals surface area contributed by atoms with Crippen LogP contribution in [-0.2, 0) is 9.53 Å². The summed E-state index contributed by atoms with van der Waals surface area (Å²) < 4.78 is 9.72. The summed E-state index contributed by atoms with van der Waals surface area (Å²) >= 11 is 0. The van der Waals surface area contributed by atoms with Gasteiger partial charge in [0.25, 0.3) is 0 Å². The van der Waals surface area contributed by atoms with Crippen molar-refractivity contribution in [2.75, 3.05) is 13.7 Å². The van der Waals surface area contributed by atoms with Gasteiger partial charge in [-0.2, -0.15) is 5.26 Å². The van der Waals surface area contributed by atoms with Crippen LogP contribution in [0.2, 0.25) is 0 Å². The third-order valence-electron chi connectivity index (χ3n) is 2.84. The van der Waals surface area contributed by atoms with Crippen molar-refractivity contribution in [2.24, 2.45) is 0 Å². The number of carbonyl (C=O) groups is 1. The number of carbonyl (C=O) groups excluding carboxylic acids is 1. The van der Waals surface area contributed by atoms with Gasteiger partial charge in [0.2, 0.25) is 5.88 Å². The van der Waals surface area contributed by atoms with E-state index in [1.54, 1.807) is 18.5 Å². The normalized spacial score (nSPS) is 9.76. The second-order valence-electron chi connectivity index (χ2n) is 4.19. The molecule has 0 unspecified atom stereocenters. The van der Waals surface area contributed by atoms with Crippen LogP contribution in [0, 0.1) is 18.3 Å². The molecule has 2 aromatic heterocycles. The van der Waals surface area contributed by atoms with Crippen LogP contribution in [0.5, 0.6) is 5.88 Å². The lowest BCUT2D eigenvalue weighted by molar-refractivity contribution is -0.143. The Balaban J connectivity index is 2.36. The zero-order valence-corrected chi connectivity index (χ0v) is 11.7. The second-order valence-corrected chi connectivity index (χ2v) is 4.19. The summed E-state index contributed by atoms with van der Waals surface area (Å²) in [6.45, 7) is 1.52. The van der Waals surface area contributed by atoms with Crippen molar-refractivity contribution < 1.29 is 14.3 Å². The molecular weight excluding hydrogens is 270 g/mol. The molecule has 2 aromatic rings. The molecule has 0 fully saturated rings. The molecule has 21 heavy (non-hydrogen) atoms. The van der Waals surface area contributed by atoms with E-state index in [4.69, 9.17) is 4.74 Å². The molecule has 0 saturated carbocycles. The van der Waals surface area contributed by atoms with E-state index in [1.807, 2.05) is 25.1 Å². The van der Waals surface area contributed by atoms with Gasteiger partial charge in [-0.25, -0.2) is 9.78 Å². The van der Waals surface area contributed by atoms with Gasteiger partial charge < -0.3 is 9.47 Å². The van der Waals surface area contributed by atoms with Crippen LogP contribution in [0.3, 0.4) is 0 Å². The summed E-state index contributed by atoms with van der Waals surface area (Å²) in [5.41, 5.74) is 2.68. The lowest BCUT2D eigenvalue weighted by Crippen LogP contribution is -2.14. The van der Waals surface area contributed by atoms with Crippen LogP contribution < -0.4 is 4.74 Å². The van der Waals surface area contributed by atoms with Gasteiger partial charge >= 0.3 is 5.97 Å². The lowest BCUT2D eigenvalue weighted by atomic mass is 10.0. The predicted molar refractivity (Wildman–Crippen MR) is 74.4 cm³/mol. The van der Waals surface area contributed by atoms with Crippen LogP contribution in [0.4, 0.5) is 0 Å². The quantitative estimate of drug-likeness (QED) is 0.796. The van der Waals surface area contributed by atoms with Crippen molar-refractivity contribution in [2.45, 2.75) is 6.92 Å². The highest BCUT2D eigenvalue weighted by molar-refractivity contribution is 5.71. The molecule has 0 saturated heterocycles. The molecule has 0 aliphatic rings. The average molecular weight is 283 g/mol. The third kappa shape index (κ3) is 3.34. The lowest BCUT2D eigenvalue weighted by Gasteiger charge is -2.10. The molecule has 0 aliphatic heterocycles. The number of ether oxygens (including phenoxy) is 2. The number of esters is 1. The van der Waals surface area contributed by atoms with Gasteiger partial charge in [0.05, 0.1) is 7.11 Å². The fourth-order valence-electron chi connectivity index (χ4n) is 1.78. The van der Waals surface area contributed by atoms with Crippen LogP contribution in [0.1, 0.15) is 11.3 Å². The number of methoxy groups -OCH3 is 1. The van der Waals surface area contributed by atoms with E-state index in [2.05, 4.69) is 14.7 Å². The highest BCUT2D eigenvalue weighted by atomic mass is 16.6. The summed E-state index contributed by atoms with van der Waals surface area (Å²) in [4.78, 5) is 19.3. The minimum absolute atomic E-state index is 0.123. The first-order chi connectivity index (χ1) is 10.2. The number of rotatable bonds is 4. The zero-order valence-electron chi connectivity index (χ0n) is 11.7. The monoisotopic (exact) mass is 283 g/mol. The second kappa shape index (κ2) is 6.48. The van der Waals surface area contributed by atoms with Crippen molar-refractivity contribution >= 4 is 5.97 Å². The maximum absolute atomic E-state index is 11.1. The molecule has 0 bridgehead atoms. The first kappa shape index (κ1) is 14.5. The Bertz CT molecular complexity index is 693. The minimum Gasteiger partial charge on any atom is -0.466 e. The largest absolute Gasteiger partial charge is 0.466 e. The Kier molecular flexibility index (Phi) is 4.46. The predicted octanol–water partition coefficient (Wildman–Crippen LogP) is 1.88. The topological polar surface area (TPSA) is 85.1 Å². The van der Waals surface area contributed by atoms with Gasteiger partial charge in [-0.1, -0.05) is 0 Å². The summed E-state index contributed by atoms with van der Waals surface area (Å²) in [5, 5.41) is 9.20. The first-order valence-corrected chi connectivity index (χ1v) is 6.17. The number of hydrogen-bond donors (Lipinski definition) is 0. The average Bonchev–Trinajstić information content (AvgIpc) is 2.53. The summed E-state index contributed by atoms with van der Waals surface area (Å²) in [5.74, 6) is -0.408. The van der Waals surface area contributed by atoms with Crippen molar-refractivity contribution in [3.8, 4) is 23.1 Å². The van der Waals surface area contributed by atoms with E-state index in [0.29, 0.717) is 5.69 Å². The van der Waals surface area contributed by atoms with Crippen LogP contribution in [0.25, 0.3) is 11.1 Å². The molecule has 0 radical (unpaired) electrons. The van der Waals surface area contributed by atoms with Crippen molar-refractivity contribution in [3.63, 3.8) is 0 Å². The van der Waals surface area contributed by atoms with Gasteiger partial charge in [-0.3, -0.25) is 4.98 Å². The third-order valence-corrected chi connectivity index (χ3v) is 2.84. The zero-order chi connectivity index (χ0) is 15.2. The molecule has 0 atom stereocenters. The number of aromatic nitrogens is 2. The van der Waals surface area contributed by atoms with Gasteiger partial charge in [0.15, 0.2) is 6.61 Å². The fraction of sp³-hybridized carbons (Fsp3) is 0.200. The van der Waals surface area contributed by atoms with E-state index in [-0.39, 0.29) is 18.1 Å². The molecule has 0 amide bonds. The van der Waals surface area contributed by atoms with E-state index in [0.717, 1.165) is 11.1 Å². The molecule has 6 nitrogen and oxygen atoms in total. The number of aryl methyl sites for hydroxylation is 1. The standard InChI is InChI=1S/C15H13N3O3/c1-10-13(11-3-5-17-6-4-11)7-12(8-16)15(18-10)21-9-14(19)20-2/h3-7H,9H2,1-2H3. The summed E-state index contributed by atoms with van der Waals surface area (Å²) in [6, 6.07) is 7.37. The Morgan fingerprint density at radius 2 is 2.10 bits per heavy atom. The molecule has 0 spiro atoms. The molecule has 2 rings (SSSR count). The Hall–Kier alpha value is -2.94. The maximum Gasteiger partial charge on any atom is 0.343 e. The number of hydrogen-bond acceptors (Lipinski definition) is 6. The Labute approximate surface area is 122 Å². The van der Waals surface area contributed by atoms with Crippen molar-refractivity contribution in [3.05, 3.63) is 41.9 Å². The van der Waals surface area contributed by atoms with Gasteiger partial charge in [0.1, 0.15) is 11.6 Å². The maximum atomic E-state index is 11.1. The molecular formula is C15H13N3O3. The van der Waals surface area contributed by atoms with Crippen LogP contribution in [-0.4, -0.2) is 29.7 Å². The molecule has 6 heteroatoms. The fourth-order valence-corrected chi connectivity index (χ4v) is 1.78. The van der Waals surface area contributed by atoms with Gasteiger partial charge in [-0.05, 0) is 30.7 Å². The van der Waals surface area contributed by atoms with Gasteiger partial charge in [0, 0.05) is 23.7 Å². The number of nitriles is 1.